The van der Waals surface area contributed by atoms with Crippen molar-refractivity contribution >= 4 is 5.91 Å². The van der Waals surface area contributed by atoms with E-state index < -0.39 is 0 Å². The van der Waals surface area contributed by atoms with Crippen LogP contribution >= 0.6 is 0 Å². The molecule has 1 aliphatic rings. The summed E-state index contributed by atoms with van der Waals surface area (Å²) in [5.74, 6) is 1.63. The summed E-state index contributed by atoms with van der Waals surface area (Å²) in [5.41, 5.74) is 0. The Hall–Kier alpha value is -1.91. The summed E-state index contributed by atoms with van der Waals surface area (Å²) >= 11 is 0. The van der Waals surface area contributed by atoms with E-state index in [4.69, 9.17) is 14.2 Å². The van der Waals surface area contributed by atoms with E-state index in [0.29, 0.717) is 17.2 Å². The third kappa shape index (κ3) is 4.03. The summed E-state index contributed by atoms with van der Waals surface area (Å²) in [6, 6.07) is 5.39. The summed E-state index contributed by atoms with van der Waals surface area (Å²) < 4.78 is 16.2. The molecule has 5 heteroatoms. The Kier molecular flexibility index (Phi) is 5.72. The van der Waals surface area contributed by atoms with Crippen molar-refractivity contribution in [3.63, 3.8) is 0 Å². The van der Waals surface area contributed by atoms with E-state index in [1.807, 2.05) is 11.0 Å². The molecule has 116 valence electrons. The Bertz CT molecular complexity index is 445. The van der Waals surface area contributed by atoms with Gasteiger partial charge in [-0.2, -0.15) is 0 Å². The number of rotatable bonds is 5. The molecule has 2 rings (SSSR count). The average Bonchev–Trinajstić information content (AvgIpc) is 2.81. The molecule has 0 unspecified atom stereocenters. The van der Waals surface area contributed by atoms with Gasteiger partial charge in [0, 0.05) is 13.1 Å². The predicted octanol–water partition coefficient (Wildman–Crippen LogP) is 2.49. The van der Waals surface area contributed by atoms with Gasteiger partial charge in [-0.15, -0.1) is 0 Å². The van der Waals surface area contributed by atoms with Crippen LogP contribution in [0, 0.1) is 0 Å². The van der Waals surface area contributed by atoms with Crippen molar-refractivity contribution < 1.29 is 19.0 Å². The zero-order valence-electron chi connectivity index (χ0n) is 12.8. The van der Waals surface area contributed by atoms with Crippen molar-refractivity contribution in [1.82, 2.24) is 4.90 Å². The van der Waals surface area contributed by atoms with Crippen LogP contribution in [0.5, 0.6) is 17.2 Å². The zero-order chi connectivity index (χ0) is 15.1. The minimum absolute atomic E-state index is 0.0106. The topological polar surface area (TPSA) is 48.0 Å². The first kappa shape index (κ1) is 15.5. The number of hydrogen-bond donors (Lipinski definition) is 0. The molecule has 1 amide bonds. The molecule has 1 heterocycles. The van der Waals surface area contributed by atoms with Gasteiger partial charge in [0.25, 0.3) is 5.91 Å². The molecule has 1 aromatic rings. The van der Waals surface area contributed by atoms with Gasteiger partial charge in [-0.3, -0.25) is 4.79 Å². The predicted molar refractivity (Wildman–Crippen MR) is 80.1 cm³/mol. The van der Waals surface area contributed by atoms with Crippen LogP contribution in [0.1, 0.15) is 25.7 Å². The first-order valence-electron chi connectivity index (χ1n) is 7.38. The highest BCUT2D eigenvalue weighted by atomic mass is 16.5. The highest BCUT2D eigenvalue weighted by molar-refractivity contribution is 5.78. The number of carbonyl (C=O) groups is 1. The molecule has 0 spiro atoms. The number of likely N-dealkylation sites (tertiary alicyclic amines) is 1. The standard InChI is InChI=1S/C16H23NO4/c1-19-13-8-7-9-14(20-2)16(13)21-12-15(18)17-10-5-3-4-6-11-17/h7-9H,3-6,10-12H2,1-2H3. The van der Waals surface area contributed by atoms with Gasteiger partial charge in [-0.25, -0.2) is 0 Å². The van der Waals surface area contributed by atoms with Crippen molar-refractivity contribution in [2.24, 2.45) is 0 Å². The third-order valence-corrected chi connectivity index (χ3v) is 3.68. The highest BCUT2D eigenvalue weighted by Crippen LogP contribution is 2.36. The lowest BCUT2D eigenvalue weighted by Gasteiger charge is -2.21. The van der Waals surface area contributed by atoms with Crippen LogP contribution in [0.2, 0.25) is 0 Å². The minimum Gasteiger partial charge on any atom is -0.493 e. The first-order chi connectivity index (χ1) is 10.3. The van der Waals surface area contributed by atoms with Gasteiger partial charge in [0.05, 0.1) is 14.2 Å². The molecule has 0 bridgehead atoms. The van der Waals surface area contributed by atoms with Crippen LogP contribution in [-0.2, 0) is 4.79 Å². The lowest BCUT2D eigenvalue weighted by Crippen LogP contribution is -2.35. The van der Waals surface area contributed by atoms with Gasteiger partial charge < -0.3 is 19.1 Å². The summed E-state index contributed by atoms with van der Waals surface area (Å²) in [6.45, 7) is 1.66. The summed E-state index contributed by atoms with van der Waals surface area (Å²) in [4.78, 5) is 14.1. The monoisotopic (exact) mass is 293 g/mol. The van der Waals surface area contributed by atoms with Crippen LogP contribution in [0.25, 0.3) is 0 Å². The smallest absolute Gasteiger partial charge is 0.260 e. The average molecular weight is 293 g/mol. The van der Waals surface area contributed by atoms with Crippen molar-refractivity contribution in [2.75, 3.05) is 33.9 Å². The maximum absolute atomic E-state index is 12.2. The van der Waals surface area contributed by atoms with Crippen molar-refractivity contribution in [3.05, 3.63) is 18.2 Å². The lowest BCUT2D eigenvalue weighted by atomic mass is 10.2. The van der Waals surface area contributed by atoms with Crippen LogP contribution < -0.4 is 14.2 Å². The molecule has 0 radical (unpaired) electrons. The molecule has 21 heavy (non-hydrogen) atoms. The van der Waals surface area contributed by atoms with Gasteiger partial charge in [0.1, 0.15) is 0 Å². The number of methoxy groups -OCH3 is 2. The van der Waals surface area contributed by atoms with E-state index in [9.17, 15) is 4.79 Å². The fourth-order valence-electron chi connectivity index (χ4n) is 2.50. The van der Waals surface area contributed by atoms with E-state index >= 15 is 0 Å². The zero-order valence-corrected chi connectivity index (χ0v) is 12.8. The van der Waals surface area contributed by atoms with Crippen molar-refractivity contribution in [2.45, 2.75) is 25.7 Å². The van der Waals surface area contributed by atoms with Crippen LogP contribution in [0.15, 0.2) is 18.2 Å². The molecule has 0 aromatic heterocycles. The first-order valence-corrected chi connectivity index (χ1v) is 7.38. The SMILES string of the molecule is COc1cccc(OC)c1OCC(=O)N1CCCCCC1. The number of benzene rings is 1. The second kappa shape index (κ2) is 7.76. The fraction of sp³-hybridized carbons (Fsp3) is 0.562. The van der Waals surface area contributed by atoms with Gasteiger partial charge >= 0.3 is 0 Å². The van der Waals surface area contributed by atoms with Gasteiger partial charge in [0.15, 0.2) is 18.1 Å². The highest BCUT2D eigenvalue weighted by Gasteiger charge is 2.18. The van der Waals surface area contributed by atoms with Crippen LogP contribution in [0.3, 0.4) is 0 Å². The lowest BCUT2D eigenvalue weighted by molar-refractivity contribution is -0.133. The molecule has 0 aliphatic carbocycles. The molecule has 1 aromatic carbocycles. The van der Waals surface area contributed by atoms with Crippen molar-refractivity contribution in [1.29, 1.82) is 0 Å². The van der Waals surface area contributed by atoms with Gasteiger partial charge in [-0.05, 0) is 25.0 Å². The molecular weight excluding hydrogens is 270 g/mol. The second-order valence-corrected chi connectivity index (χ2v) is 5.08. The number of carbonyl (C=O) groups excluding carboxylic acids is 1. The molecule has 0 N–H and O–H groups in total. The van der Waals surface area contributed by atoms with E-state index in [1.54, 1.807) is 26.4 Å². The Morgan fingerprint density at radius 1 is 1.05 bits per heavy atom. The van der Waals surface area contributed by atoms with Gasteiger partial charge in [-0.1, -0.05) is 18.9 Å². The Morgan fingerprint density at radius 2 is 1.62 bits per heavy atom. The molecule has 5 nitrogen and oxygen atoms in total. The molecule has 0 atom stereocenters. The quantitative estimate of drug-likeness (QED) is 0.837. The molecular formula is C16H23NO4. The van der Waals surface area contributed by atoms with Crippen LogP contribution in [-0.4, -0.2) is 44.7 Å². The second-order valence-electron chi connectivity index (χ2n) is 5.08. The fourth-order valence-corrected chi connectivity index (χ4v) is 2.50. The Labute approximate surface area is 125 Å². The normalized spacial score (nSPS) is 15.2. The maximum atomic E-state index is 12.2. The number of hydrogen-bond acceptors (Lipinski definition) is 4. The molecule has 1 saturated heterocycles. The number of para-hydroxylation sites is 1. The van der Waals surface area contributed by atoms with E-state index in [0.717, 1.165) is 25.9 Å². The number of amides is 1. The van der Waals surface area contributed by atoms with E-state index in [-0.39, 0.29) is 12.5 Å². The third-order valence-electron chi connectivity index (χ3n) is 3.68. The largest absolute Gasteiger partial charge is 0.493 e. The van der Waals surface area contributed by atoms with Crippen LogP contribution in [0.4, 0.5) is 0 Å². The number of ether oxygens (including phenoxy) is 3. The molecule has 1 fully saturated rings. The minimum atomic E-state index is 0.0106. The van der Waals surface area contributed by atoms with Crippen molar-refractivity contribution in [3.8, 4) is 17.2 Å². The van der Waals surface area contributed by atoms with E-state index in [1.165, 1.54) is 12.8 Å². The Balaban J connectivity index is 2.00. The maximum Gasteiger partial charge on any atom is 0.260 e. The molecule has 1 aliphatic heterocycles. The van der Waals surface area contributed by atoms with Gasteiger partial charge in [0.2, 0.25) is 5.75 Å². The molecule has 0 saturated carbocycles. The van der Waals surface area contributed by atoms with E-state index in [2.05, 4.69) is 0 Å². The summed E-state index contributed by atoms with van der Waals surface area (Å²) in [7, 11) is 3.14. The summed E-state index contributed by atoms with van der Waals surface area (Å²) in [5, 5.41) is 0. The number of nitrogens with zero attached hydrogens (tertiary/aromatic N) is 1. The summed E-state index contributed by atoms with van der Waals surface area (Å²) in [6.07, 6.45) is 4.55. The Morgan fingerprint density at radius 3 is 2.14 bits per heavy atom.